The summed E-state index contributed by atoms with van der Waals surface area (Å²) in [5, 5.41) is 2.80. The van der Waals surface area contributed by atoms with Crippen LogP contribution in [0.1, 0.15) is 12.8 Å². The first kappa shape index (κ1) is 14.9. The molecule has 1 N–H and O–H groups in total. The van der Waals surface area contributed by atoms with Crippen LogP contribution < -0.4 is 5.32 Å². The minimum Gasteiger partial charge on any atom is -0.326 e. The van der Waals surface area contributed by atoms with Gasteiger partial charge in [-0.1, -0.05) is 30.4 Å². The molecule has 1 aliphatic heterocycles. The molecule has 6 rings (SSSR count). The number of likely N-dealkylation sites (tertiary alicyclic amines) is 1. The van der Waals surface area contributed by atoms with Crippen molar-refractivity contribution in [3.63, 3.8) is 0 Å². The van der Waals surface area contributed by atoms with Gasteiger partial charge < -0.3 is 5.32 Å². The number of imide groups is 1. The lowest BCUT2D eigenvalue weighted by Gasteiger charge is -2.37. The van der Waals surface area contributed by atoms with Crippen molar-refractivity contribution in [2.45, 2.75) is 12.8 Å². The van der Waals surface area contributed by atoms with E-state index >= 15 is 0 Å². The Hall–Kier alpha value is -2.43. The summed E-state index contributed by atoms with van der Waals surface area (Å²) in [6, 6.07) is 9.21. The standard InChI is InChI=1S/C20H20N2O3/c23-16(21-11-4-2-1-3-5-11)8-9-22-19(24)17-12-6-7-13(15-10-14(12)15)18(17)20(22)25/h1-7,12-15,17-18H,8-10H2,(H,21,23)/t12-,13-,14-,15+,17+,18+/m0/s1. The van der Waals surface area contributed by atoms with Crippen LogP contribution in [0.15, 0.2) is 42.5 Å². The number of nitrogens with zero attached hydrogens (tertiary/aromatic N) is 1. The lowest BCUT2D eigenvalue weighted by Crippen LogP contribution is -2.40. The van der Waals surface area contributed by atoms with E-state index in [1.165, 1.54) is 4.90 Å². The van der Waals surface area contributed by atoms with E-state index in [2.05, 4.69) is 17.5 Å². The maximum Gasteiger partial charge on any atom is 0.233 e. The Labute approximate surface area is 146 Å². The van der Waals surface area contributed by atoms with Crippen LogP contribution in [0.25, 0.3) is 0 Å². The van der Waals surface area contributed by atoms with Gasteiger partial charge in [-0.25, -0.2) is 0 Å². The summed E-state index contributed by atoms with van der Waals surface area (Å²) >= 11 is 0. The normalized spacial score (nSPS) is 37.0. The van der Waals surface area contributed by atoms with E-state index in [1.807, 2.05) is 30.3 Å². The molecule has 6 atom stereocenters. The Kier molecular flexibility index (Phi) is 3.14. The van der Waals surface area contributed by atoms with Crippen LogP contribution in [0.5, 0.6) is 0 Å². The van der Waals surface area contributed by atoms with E-state index < -0.39 is 0 Å². The van der Waals surface area contributed by atoms with Crippen LogP contribution in [0.4, 0.5) is 5.69 Å². The fraction of sp³-hybridized carbons (Fsp3) is 0.450. The molecule has 0 spiro atoms. The fourth-order valence-electron chi connectivity index (χ4n) is 5.20. The van der Waals surface area contributed by atoms with Crippen LogP contribution in [-0.4, -0.2) is 29.2 Å². The molecule has 5 heteroatoms. The molecule has 128 valence electrons. The Morgan fingerprint density at radius 3 is 2.20 bits per heavy atom. The summed E-state index contributed by atoms with van der Waals surface area (Å²) < 4.78 is 0. The Bertz CT molecular complexity index is 751. The number of allylic oxidation sites excluding steroid dienone is 2. The molecule has 25 heavy (non-hydrogen) atoms. The Balaban J connectivity index is 1.26. The van der Waals surface area contributed by atoms with Gasteiger partial charge in [0.2, 0.25) is 17.7 Å². The molecule has 0 aromatic heterocycles. The van der Waals surface area contributed by atoms with Gasteiger partial charge in [-0.3, -0.25) is 19.3 Å². The van der Waals surface area contributed by atoms with Crippen molar-refractivity contribution in [3.8, 4) is 0 Å². The molecular formula is C20H20N2O3. The van der Waals surface area contributed by atoms with Gasteiger partial charge in [0.05, 0.1) is 11.8 Å². The number of carbonyl (C=O) groups excluding carboxylic acids is 3. The molecule has 1 heterocycles. The molecule has 2 bridgehead atoms. The second kappa shape index (κ2) is 5.28. The minimum absolute atomic E-state index is 0.0628. The number of para-hydroxylation sites is 1. The number of anilines is 1. The Morgan fingerprint density at radius 2 is 1.60 bits per heavy atom. The quantitative estimate of drug-likeness (QED) is 0.676. The van der Waals surface area contributed by atoms with Gasteiger partial charge in [0, 0.05) is 18.7 Å². The third-order valence-corrected chi connectivity index (χ3v) is 6.37. The second-order valence-corrected chi connectivity index (χ2v) is 7.65. The number of amides is 3. The van der Waals surface area contributed by atoms with Crippen molar-refractivity contribution >= 4 is 23.4 Å². The van der Waals surface area contributed by atoms with Crippen molar-refractivity contribution in [2.75, 3.05) is 11.9 Å². The van der Waals surface area contributed by atoms with Crippen molar-refractivity contribution in [2.24, 2.45) is 35.5 Å². The third-order valence-electron chi connectivity index (χ3n) is 6.37. The Morgan fingerprint density at radius 1 is 1.00 bits per heavy atom. The zero-order valence-corrected chi connectivity index (χ0v) is 13.8. The maximum absolute atomic E-state index is 12.8. The molecule has 1 aromatic carbocycles. The number of hydrogen-bond donors (Lipinski definition) is 1. The lowest BCUT2D eigenvalue weighted by molar-refractivity contribution is -0.140. The topological polar surface area (TPSA) is 66.5 Å². The first-order valence-corrected chi connectivity index (χ1v) is 9.03. The monoisotopic (exact) mass is 336 g/mol. The summed E-state index contributed by atoms with van der Waals surface area (Å²) in [5.74, 6) is 1.03. The molecule has 0 unspecified atom stereocenters. The molecule has 1 aromatic rings. The number of hydrogen-bond acceptors (Lipinski definition) is 3. The lowest BCUT2D eigenvalue weighted by atomic mass is 9.63. The molecule has 4 aliphatic carbocycles. The van der Waals surface area contributed by atoms with Crippen LogP contribution in [0.2, 0.25) is 0 Å². The molecule has 5 nitrogen and oxygen atoms in total. The van der Waals surface area contributed by atoms with Crippen molar-refractivity contribution < 1.29 is 14.4 Å². The van der Waals surface area contributed by atoms with Crippen molar-refractivity contribution in [3.05, 3.63) is 42.5 Å². The first-order chi connectivity index (χ1) is 12.1. The number of carbonyl (C=O) groups is 3. The zero-order valence-electron chi connectivity index (χ0n) is 13.8. The van der Waals surface area contributed by atoms with Gasteiger partial charge in [-0.2, -0.15) is 0 Å². The molecule has 0 radical (unpaired) electrons. The predicted molar refractivity (Wildman–Crippen MR) is 91.1 cm³/mol. The molecule has 2 saturated carbocycles. The van der Waals surface area contributed by atoms with Gasteiger partial charge in [0.1, 0.15) is 0 Å². The highest BCUT2D eigenvalue weighted by atomic mass is 16.2. The van der Waals surface area contributed by atoms with Crippen molar-refractivity contribution in [1.29, 1.82) is 0 Å². The molecule has 5 aliphatic rings. The van der Waals surface area contributed by atoms with Crippen LogP contribution >= 0.6 is 0 Å². The van der Waals surface area contributed by atoms with Gasteiger partial charge in [-0.05, 0) is 42.2 Å². The van der Waals surface area contributed by atoms with Crippen molar-refractivity contribution in [1.82, 2.24) is 4.90 Å². The third kappa shape index (κ3) is 2.18. The number of rotatable bonds is 4. The molecule has 1 saturated heterocycles. The van der Waals surface area contributed by atoms with Gasteiger partial charge in [0.15, 0.2) is 0 Å². The van der Waals surface area contributed by atoms with E-state index in [0.717, 1.165) is 12.1 Å². The van der Waals surface area contributed by atoms with Crippen LogP contribution in [-0.2, 0) is 14.4 Å². The molecule has 3 amide bonds. The second-order valence-electron chi connectivity index (χ2n) is 7.65. The SMILES string of the molecule is O=C(CCN1C(=O)[C@@H]2[C@H]3C=C[C@@H]([C@@H]4C[C@H]34)[C@H]2C1=O)Nc1ccccc1. The summed E-state index contributed by atoms with van der Waals surface area (Å²) in [4.78, 5) is 39.1. The summed E-state index contributed by atoms with van der Waals surface area (Å²) in [5.41, 5.74) is 0.725. The fourth-order valence-corrected chi connectivity index (χ4v) is 5.20. The first-order valence-electron chi connectivity index (χ1n) is 9.03. The number of benzene rings is 1. The van der Waals surface area contributed by atoms with Crippen LogP contribution in [0.3, 0.4) is 0 Å². The average molecular weight is 336 g/mol. The van der Waals surface area contributed by atoms with Gasteiger partial charge >= 0.3 is 0 Å². The highest BCUT2D eigenvalue weighted by molar-refractivity contribution is 6.06. The average Bonchev–Trinajstić information content (AvgIpc) is 3.40. The van der Waals surface area contributed by atoms with E-state index in [-0.39, 0.29) is 54.4 Å². The van der Waals surface area contributed by atoms with E-state index in [9.17, 15) is 14.4 Å². The summed E-state index contributed by atoms with van der Waals surface area (Å²) in [6.45, 7) is 0.179. The molecular weight excluding hydrogens is 316 g/mol. The van der Waals surface area contributed by atoms with E-state index in [0.29, 0.717) is 11.8 Å². The largest absolute Gasteiger partial charge is 0.326 e. The minimum atomic E-state index is -0.177. The summed E-state index contributed by atoms with van der Waals surface area (Å²) in [6.07, 6.45) is 5.63. The van der Waals surface area contributed by atoms with Gasteiger partial charge in [0.25, 0.3) is 0 Å². The number of nitrogens with one attached hydrogen (secondary N) is 1. The van der Waals surface area contributed by atoms with Gasteiger partial charge in [-0.15, -0.1) is 0 Å². The van der Waals surface area contributed by atoms with Crippen LogP contribution in [0, 0.1) is 35.5 Å². The highest BCUT2D eigenvalue weighted by Crippen LogP contribution is 2.65. The van der Waals surface area contributed by atoms with E-state index in [1.54, 1.807) is 0 Å². The molecule has 3 fully saturated rings. The smallest absolute Gasteiger partial charge is 0.233 e. The highest BCUT2D eigenvalue weighted by Gasteiger charge is 2.66. The summed E-state index contributed by atoms with van der Waals surface area (Å²) in [7, 11) is 0. The zero-order chi connectivity index (χ0) is 17.1. The predicted octanol–water partition coefficient (Wildman–Crippen LogP) is 2.07. The van der Waals surface area contributed by atoms with E-state index in [4.69, 9.17) is 0 Å². The maximum atomic E-state index is 12.8.